The van der Waals surface area contributed by atoms with Crippen LogP contribution in [0, 0.1) is 6.92 Å². The average Bonchev–Trinajstić information content (AvgIpc) is 3.09. The van der Waals surface area contributed by atoms with Gasteiger partial charge >= 0.3 is 0 Å². The lowest BCUT2D eigenvalue weighted by Gasteiger charge is -2.31. The maximum atomic E-state index is 12.3. The van der Waals surface area contributed by atoms with Crippen LogP contribution in [0.5, 0.6) is 0 Å². The van der Waals surface area contributed by atoms with E-state index in [1.165, 1.54) is 0 Å². The molecule has 1 aliphatic heterocycles. The second-order valence-corrected chi connectivity index (χ2v) is 6.87. The smallest absolute Gasteiger partial charge is 0.239 e. The summed E-state index contributed by atoms with van der Waals surface area (Å²) >= 11 is 0. The van der Waals surface area contributed by atoms with Crippen molar-refractivity contribution in [3.63, 3.8) is 0 Å². The van der Waals surface area contributed by atoms with Crippen LogP contribution >= 0.6 is 0 Å². The van der Waals surface area contributed by atoms with Gasteiger partial charge in [-0.2, -0.15) is 0 Å². The summed E-state index contributed by atoms with van der Waals surface area (Å²) in [7, 11) is 2.09. The number of rotatable bonds is 4. The van der Waals surface area contributed by atoms with E-state index < -0.39 is 0 Å². The highest BCUT2D eigenvalue weighted by Crippen LogP contribution is 2.25. The van der Waals surface area contributed by atoms with Gasteiger partial charge in [0.05, 0.1) is 18.3 Å². The first kappa shape index (κ1) is 17.6. The second-order valence-electron chi connectivity index (χ2n) is 6.87. The number of anilines is 1. The summed E-state index contributed by atoms with van der Waals surface area (Å²) in [5.74, 6) is 1.70. The van der Waals surface area contributed by atoms with Gasteiger partial charge in [-0.3, -0.25) is 9.69 Å². The predicted octanol–water partition coefficient (Wildman–Crippen LogP) is 1.78. The number of benzene rings is 1. The molecule has 1 amide bonds. The fourth-order valence-electron chi connectivity index (χ4n) is 3.15. The molecule has 2 aromatic heterocycles. The third-order valence-corrected chi connectivity index (χ3v) is 4.72. The van der Waals surface area contributed by atoms with E-state index in [2.05, 4.69) is 37.3 Å². The molecular formula is C19H22N6O2. The van der Waals surface area contributed by atoms with Crippen molar-refractivity contribution in [1.82, 2.24) is 25.0 Å². The summed E-state index contributed by atoms with van der Waals surface area (Å²) < 4.78 is 5.58. The zero-order valence-corrected chi connectivity index (χ0v) is 15.5. The first-order chi connectivity index (χ1) is 13.1. The van der Waals surface area contributed by atoms with E-state index in [0.29, 0.717) is 24.0 Å². The molecule has 140 valence electrons. The molecule has 1 aromatic carbocycles. The minimum Gasteiger partial charge on any atom is -0.441 e. The Morgan fingerprint density at radius 1 is 1.19 bits per heavy atom. The van der Waals surface area contributed by atoms with Crippen molar-refractivity contribution in [2.75, 3.05) is 45.1 Å². The van der Waals surface area contributed by atoms with Gasteiger partial charge in [0.25, 0.3) is 0 Å². The molecule has 0 unspecified atom stereocenters. The Morgan fingerprint density at radius 3 is 2.74 bits per heavy atom. The van der Waals surface area contributed by atoms with Gasteiger partial charge in [0.15, 0.2) is 17.5 Å². The fourth-order valence-corrected chi connectivity index (χ4v) is 3.15. The van der Waals surface area contributed by atoms with Crippen LogP contribution in [0.15, 0.2) is 34.9 Å². The van der Waals surface area contributed by atoms with Crippen LogP contribution in [0.3, 0.4) is 0 Å². The monoisotopic (exact) mass is 366 g/mol. The summed E-state index contributed by atoms with van der Waals surface area (Å²) in [5, 5.41) is 12.0. The van der Waals surface area contributed by atoms with Crippen LogP contribution in [0.25, 0.3) is 22.2 Å². The van der Waals surface area contributed by atoms with Crippen LogP contribution in [-0.4, -0.2) is 70.7 Å². The molecule has 8 heteroatoms. The summed E-state index contributed by atoms with van der Waals surface area (Å²) in [5.41, 5.74) is 1.66. The lowest BCUT2D eigenvalue weighted by molar-refractivity contribution is -0.117. The minimum absolute atomic E-state index is 0.0739. The number of aromatic nitrogens is 3. The largest absolute Gasteiger partial charge is 0.441 e. The third-order valence-electron chi connectivity index (χ3n) is 4.72. The number of nitrogens with one attached hydrogen (secondary N) is 1. The molecule has 3 aromatic rings. The molecule has 1 fully saturated rings. The highest BCUT2D eigenvalue weighted by Gasteiger charge is 2.17. The number of amides is 1. The molecule has 1 saturated heterocycles. The Labute approximate surface area is 157 Å². The molecule has 0 radical (unpaired) electrons. The van der Waals surface area contributed by atoms with Crippen molar-refractivity contribution >= 4 is 22.6 Å². The molecule has 0 bridgehead atoms. The Balaban J connectivity index is 1.48. The maximum Gasteiger partial charge on any atom is 0.239 e. The Morgan fingerprint density at radius 2 is 2.00 bits per heavy atom. The highest BCUT2D eigenvalue weighted by molar-refractivity contribution is 5.93. The van der Waals surface area contributed by atoms with Gasteiger partial charge in [-0.05, 0) is 31.3 Å². The number of hydrogen-bond donors (Lipinski definition) is 1. The molecule has 4 rings (SSSR count). The SMILES string of the molecule is Cc1ncc(-c2ccc3nnc(NC(=O)CN4CCN(C)CC4)cc3c2)o1. The third kappa shape index (κ3) is 4.12. The van der Waals surface area contributed by atoms with E-state index in [1.54, 1.807) is 6.20 Å². The van der Waals surface area contributed by atoms with E-state index in [0.717, 1.165) is 42.6 Å². The fraction of sp³-hybridized carbons (Fsp3) is 0.368. The van der Waals surface area contributed by atoms with Crippen LogP contribution < -0.4 is 5.32 Å². The van der Waals surface area contributed by atoms with Gasteiger partial charge in [0, 0.05) is 44.1 Å². The molecule has 1 N–H and O–H groups in total. The van der Waals surface area contributed by atoms with E-state index >= 15 is 0 Å². The first-order valence-electron chi connectivity index (χ1n) is 8.98. The number of piperazine rings is 1. The number of hydrogen-bond acceptors (Lipinski definition) is 7. The van der Waals surface area contributed by atoms with Crippen molar-refractivity contribution in [1.29, 1.82) is 0 Å². The van der Waals surface area contributed by atoms with Gasteiger partial charge in [-0.25, -0.2) is 4.98 Å². The van der Waals surface area contributed by atoms with Crippen molar-refractivity contribution in [2.24, 2.45) is 0 Å². The number of oxazole rings is 1. The minimum atomic E-state index is -0.0739. The van der Waals surface area contributed by atoms with Crippen molar-refractivity contribution < 1.29 is 9.21 Å². The zero-order valence-electron chi connectivity index (χ0n) is 15.5. The Kier molecular flexibility index (Phi) is 4.83. The maximum absolute atomic E-state index is 12.3. The van der Waals surface area contributed by atoms with Gasteiger partial charge in [0.1, 0.15) is 0 Å². The average molecular weight is 366 g/mol. The van der Waals surface area contributed by atoms with E-state index in [4.69, 9.17) is 4.42 Å². The molecule has 1 aliphatic rings. The molecule has 0 atom stereocenters. The molecular weight excluding hydrogens is 344 g/mol. The van der Waals surface area contributed by atoms with Gasteiger partial charge in [0.2, 0.25) is 5.91 Å². The normalized spacial score (nSPS) is 15.9. The molecule has 0 aliphatic carbocycles. The Hall–Kier alpha value is -2.84. The summed E-state index contributed by atoms with van der Waals surface area (Å²) in [6.07, 6.45) is 1.70. The molecule has 0 spiro atoms. The number of fused-ring (bicyclic) bond motifs is 1. The molecule has 27 heavy (non-hydrogen) atoms. The molecule has 8 nitrogen and oxygen atoms in total. The molecule has 3 heterocycles. The topological polar surface area (TPSA) is 87.4 Å². The highest BCUT2D eigenvalue weighted by atomic mass is 16.4. The standard InChI is InChI=1S/C19H22N6O2/c1-13-20-11-17(27-13)14-3-4-16-15(9-14)10-18(23-22-16)21-19(26)12-25-7-5-24(2)6-8-25/h3-4,9-11H,5-8,12H2,1-2H3,(H,21,23,26). The zero-order chi connectivity index (χ0) is 18.8. The summed E-state index contributed by atoms with van der Waals surface area (Å²) in [6.45, 7) is 5.93. The van der Waals surface area contributed by atoms with Gasteiger partial charge in [-0.15, -0.1) is 10.2 Å². The van der Waals surface area contributed by atoms with Crippen molar-refractivity contribution in [2.45, 2.75) is 6.92 Å². The summed E-state index contributed by atoms with van der Waals surface area (Å²) in [6, 6.07) is 7.59. The molecule has 0 saturated carbocycles. The van der Waals surface area contributed by atoms with Crippen LogP contribution in [0.4, 0.5) is 5.82 Å². The first-order valence-corrected chi connectivity index (χ1v) is 8.98. The van der Waals surface area contributed by atoms with E-state index in [-0.39, 0.29) is 5.91 Å². The van der Waals surface area contributed by atoms with Crippen LogP contribution in [-0.2, 0) is 4.79 Å². The lowest BCUT2D eigenvalue weighted by atomic mass is 10.1. The van der Waals surface area contributed by atoms with Gasteiger partial charge < -0.3 is 14.6 Å². The quantitative estimate of drug-likeness (QED) is 0.753. The van der Waals surface area contributed by atoms with E-state index in [1.807, 2.05) is 31.2 Å². The second kappa shape index (κ2) is 7.42. The Bertz CT molecular complexity index is 962. The van der Waals surface area contributed by atoms with Crippen LogP contribution in [0.2, 0.25) is 0 Å². The predicted molar refractivity (Wildman–Crippen MR) is 102 cm³/mol. The summed E-state index contributed by atoms with van der Waals surface area (Å²) in [4.78, 5) is 20.9. The number of carbonyl (C=O) groups is 1. The van der Waals surface area contributed by atoms with Crippen molar-refractivity contribution in [3.05, 3.63) is 36.4 Å². The van der Waals surface area contributed by atoms with E-state index in [9.17, 15) is 4.79 Å². The van der Waals surface area contributed by atoms with Crippen molar-refractivity contribution in [3.8, 4) is 11.3 Å². The lowest BCUT2D eigenvalue weighted by Crippen LogP contribution is -2.47. The number of likely N-dealkylation sites (N-methyl/N-ethyl adjacent to an activating group) is 1. The number of carbonyl (C=O) groups excluding carboxylic acids is 1. The van der Waals surface area contributed by atoms with Crippen LogP contribution in [0.1, 0.15) is 5.89 Å². The van der Waals surface area contributed by atoms with Gasteiger partial charge in [-0.1, -0.05) is 0 Å². The number of nitrogens with zero attached hydrogens (tertiary/aromatic N) is 5. The number of aryl methyl sites for hydroxylation is 1.